The van der Waals surface area contributed by atoms with Crippen molar-refractivity contribution in [3.63, 3.8) is 0 Å². The van der Waals surface area contributed by atoms with E-state index in [2.05, 4.69) is 48.7 Å². The zero-order valence-corrected chi connectivity index (χ0v) is 12.6. The number of hydrogen-bond acceptors (Lipinski definition) is 2. The number of nitrogens with two attached hydrogens (primary N) is 1. The maximum Gasteiger partial charge on any atom is 0.112 e. The van der Waals surface area contributed by atoms with Gasteiger partial charge in [-0.25, -0.2) is 4.98 Å². The highest BCUT2D eigenvalue weighted by Crippen LogP contribution is 2.23. The van der Waals surface area contributed by atoms with Gasteiger partial charge in [0.25, 0.3) is 0 Å². The molecule has 0 fully saturated rings. The highest BCUT2D eigenvalue weighted by atomic mass is 15.1. The fourth-order valence-corrected chi connectivity index (χ4v) is 2.68. The van der Waals surface area contributed by atoms with Crippen molar-refractivity contribution in [1.29, 1.82) is 0 Å². The summed E-state index contributed by atoms with van der Waals surface area (Å²) in [5, 5.41) is 0. The molecule has 0 saturated carbocycles. The zero-order chi connectivity index (χ0) is 14.8. The summed E-state index contributed by atoms with van der Waals surface area (Å²) < 4.78 is 2.29. The van der Waals surface area contributed by atoms with Crippen molar-refractivity contribution in [2.45, 2.75) is 33.2 Å². The molecule has 21 heavy (non-hydrogen) atoms. The van der Waals surface area contributed by atoms with Gasteiger partial charge in [-0.05, 0) is 31.0 Å². The molecule has 1 aromatic heterocycles. The number of fused-ring (bicyclic) bond motifs is 1. The standard InChI is InChI=1S/C18H21N3/c1-3-5-17-20-18-15(19)6-4-7-16(18)21(17)12-14-10-8-13(2)9-11-14/h4,6-11H,3,5,12,19H2,1-2H3. The Hall–Kier alpha value is -2.29. The number of benzene rings is 2. The zero-order valence-electron chi connectivity index (χ0n) is 12.6. The minimum atomic E-state index is 0.757. The number of aromatic nitrogens is 2. The van der Waals surface area contributed by atoms with Crippen molar-refractivity contribution in [2.24, 2.45) is 0 Å². The first kappa shape index (κ1) is 13.7. The van der Waals surface area contributed by atoms with Gasteiger partial charge in [0.15, 0.2) is 0 Å². The van der Waals surface area contributed by atoms with Crippen LogP contribution < -0.4 is 5.73 Å². The van der Waals surface area contributed by atoms with E-state index in [0.717, 1.165) is 41.9 Å². The van der Waals surface area contributed by atoms with Gasteiger partial charge in [-0.1, -0.05) is 42.8 Å². The van der Waals surface area contributed by atoms with Crippen LogP contribution in [-0.2, 0) is 13.0 Å². The molecule has 3 nitrogen and oxygen atoms in total. The molecule has 3 heteroatoms. The maximum absolute atomic E-state index is 6.07. The van der Waals surface area contributed by atoms with E-state index in [1.807, 2.05) is 12.1 Å². The van der Waals surface area contributed by atoms with Gasteiger partial charge in [-0.15, -0.1) is 0 Å². The van der Waals surface area contributed by atoms with Gasteiger partial charge in [0, 0.05) is 13.0 Å². The van der Waals surface area contributed by atoms with Gasteiger partial charge >= 0.3 is 0 Å². The number of para-hydroxylation sites is 1. The highest BCUT2D eigenvalue weighted by Gasteiger charge is 2.12. The van der Waals surface area contributed by atoms with E-state index < -0.39 is 0 Å². The Labute approximate surface area is 125 Å². The Kier molecular flexibility index (Phi) is 3.65. The fraction of sp³-hybridized carbons (Fsp3) is 0.278. The first-order valence-corrected chi connectivity index (χ1v) is 7.48. The Morgan fingerprint density at radius 2 is 1.86 bits per heavy atom. The van der Waals surface area contributed by atoms with Crippen molar-refractivity contribution in [1.82, 2.24) is 9.55 Å². The van der Waals surface area contributed by atoms with Crippen molar-refractivity contribution < 1.29 is 0 Å². The van der Waals surface area contributed by atoms with E-state index in [1.165, 1.54) is 11.1 Å². The normalized spacial score (nSPS) is 11.1. The molecule has 0 aliphatic carbocycles. The van der Waals surface area contributed by atoms with E-state index in [1.54, 1.807) is 0 Å². The van der Waals surface area contributed by atoms with Crippen LogP contribution in [0.5, 0.6) is 0 Å². The van der Waals surface area contributed by atoms with E-state index in [4.69, 9.17) is 10.7 Å². The van der Waals surface area contributed by atoms with Gasteiger partial charge in [-0.3, -0.25) is 0 Å². The molecule has 0 aliphatic rings. The molecule has 0 spiro atoms. The summed E-state index contributed by atoms with van der Waals surface area (Å²) in [4.78, 5) is 4.75. The number of anilines is 1. The third-order valence-electron chi connectivity index (χ3n) is 3.82. The Morgan fingerprint density at radius 3 is 2.57 bits per heavy atom. The largest absolute Gasteiger partial charge is 0.397 e. The lowest BCUT2D eigenvalue weighted by Crippen LogP contribution is -2.05. The van der Waals surface area contributed by atoms with Crippen molar-refractivity contribution >= 4 is 16.7 Å². The molecule has 0 atom stereocenters. The van der Waals surface area contributed by atoms with Crippen LogP contribution in [0.15, 0.2) is 42.5 Å². The van der Waals surface area contributed by atoms with Crippen LogP contribution in [-0.4, -0.2) is 9.55 Å². The number of imidazole rings is 1. The molecule has 2 aromatic carbocycles. The van der Waals surface area contributed by atoms with E-state index in [-0.39, 0.29) is 0 Å². The Morgan fingerprint density at radius 1 is 1.10 bits per heavy atom. The molecule has 2 N–H and O–H groups in total. The van der Waals surface area contributed by atoms with Crippen LogP contribution in [0.4, 0.5) is 5.69 Å². The van der Waals surface area contributed by atoms with E-state index in [0.29, 0.717) is 0 Å². The molecule has 0 amide bonds. The maximum atomic E-state index is 6.07. The van der Waals surface area contributed by atoms with Crippen LogP contribution in [0.25, 0.3) is 11.0 Å². The van der Waals surface area contributed by atoms with Gasteiger partial charge in [0.1, 0.15) is 11.3 Å². The van der Waals surface area contributed by atoms with Crippen LogP contribution >= 0.6 is 0 Å². The molecule has 1 heterocycles. The first-order valence-electron chi connectivity index (χ1n) is 7.48. The molecule has 3 aromatic rings. The number of aryl methyl sites for hydroxylation is 2. The Balaban J connectivity index is 2.08. The lowest BCUT2D eigenvalue weighted by Gasteiger charge is -2.09. The van der Waals surface area contributed by atoms with Gasteiger partial charge in [0.05, 0.1) is 11.2 Å². The lowest BCUT2D eigenvalue weighted by atomic mass is 10.1. The summed E-state index contributed by atoms with van der Waals surface area (Å²) in [6, 6.07) is 14.7. The molecule has 0 aliphatic heterocycles. The van der Waals surface area contributed by atoms with Gasteiger partial charge in [-0.2, -0.15) is 0 Å². The molecule has 3 rings (SSSR count). The summed E-state index contributed by atoms with van der Waals surface area (Å²) in [5.74, 6) is 1.12. The average molecular weight is 279 g/mol. The fourth-order valence-electron chi connectivity index (χ4n) is 2.68. The van der Waals surface area contributed by atoms with E-state index in [9.17, 15) is 0 Å². The number of nitrogen functional groups attached to an aromatic ring is 1. The summed E-state index contributed by atoms with van der Waals surface area (Å²) >= 11 is 0. The molecular weight excluding hydrogens is 258 g/mol. The average Bonchev–Trinajstić information content (AvgIpc) is 2.82. The topological polar surface area (TPSA) is 43.8 Å². The predicted molar refractivity (Wildman–Crippen MR) is 88.4 cm³/mol. The molecule has 0 bridgehead atoms. The monoisotopic (exact) mass is 279 g/mol. The number of nitrogens with zero attached hydrogens (tertiary/aromatic N) is 2. The van der Waals surface area contributed by atoms with Crippen LogP contribution in [0, 0.1) is 6.92 Å². The summed E-state index contributed by atoms with van der Waals surface area (Å²) in [6.07, 6.45) is 2.05. The predicted octanol–water partition coefficient (Wildman–Crippen LogP) is 3.93. The van der Waals surface area contributed by atoms with Crippen LogP contribution in [0.1, 0.15) is 30.3 Å². The third kappa shape index (κ3) is 2.64. The van der Waals surface area contributed by atoms with Crippen molar-refractivity contribution in [3.8, 4) is 0 Å². The van der Waals surface area contributed by atoms with Crippen molar-refractivity contribution in [3.05, 3.63) is 59.4 Å². The second-order valence-electron chi connectivity index (χ2n) is 5.56. The summed E-state index contributed by atoms with van der Waals surface area (Å²) in [7, 11) is 0. The van der Waals surface area contributed by atoms with Crippen molar-refractivity contribution in [2.75, 3.05) is 5.73 Å². The highest BCUT2D eigenvalue weighted by molar-refractivity contribution is 5.87. The molecule has 0 radical (unpaired) electrons. The Bertz CT molecular complexity index is 754. The second-order valence-corrected chi connectivity index (χ2v) is 5.56. The third-order valence-corrected chi connectivity index (χ3v) is 3.82. The first-order chi connectivity index (χ1) is 10.2. The number of rotatable bonds is 4. The van der Waals surface area contributed by atoms with Gasteiger partial charge in [0.2, 0.25) is 0 Å². The smallest absolute Gasteiger partial charge is 0.112 e. The quantitative estimate of drug-likeness (QED) is 0.735. The SMILES string of the molecule is CCCc1nc2c(N)cccc2n1Cc1ccc(C)cc1. The number of hydrogen-bond donors (Lipinski definition) is 1. The summed E-state index contributed by atoms with van der Waals surface area (Å²) in [5.41, 5.74) is 11.5. The molecule has 0 saturated heterocycles. The summed E-state index contributed by atoms with van der Waals surface area (Å²) in [6.45, 7) is 5.13. The minimum absolute atomic E-state index is 0.757. The van der Waals surface area contributed by atoms with Crippen LogP contribution in [0.2, 0.25) is 0 Å². The molecular formula is C18H21N3. The molecule has 108 valence electrons. The van der Waals surface area contributed by atoms with Crippen LogP contribution in [0.3, 0.4) is 0 Å². The van der Waals surface area contributed by atoms with Gasteiger partial charge < -0.3 is 10.3 Å². The lowest BCUT2D eigenvalue weighted by molar-refractivity contribution is 0.721. The minimum Gasteiger partial charge on any atom is -0.397 e. The molecule has 0 unspecified atom stereocenters. The second kappa shape index (κ2) is 5.60. The van der Waals surface area contributed by atoms with E-state index >= 15 is 0 Å².